The molecule has 0 fully saturated rings. The normalized spacial score (nSPS) is 15.5. The summed E-state index contributed by atoms with van der Waals surface area (Å²) in [7, 11) is -3.42. The van der Waals surface area contributed by atoms with E-state index < -0.39 is 15.4 Å². The fourth-order valence-electron chi connectivity index (χ4n) is 1.96. The van der Waals surface area contributed by atoms with Crippen molar-refractivity contribution in [3.05, 3.63) is 17.5 Å². The van der Waals surface area contributed by atoms with Gasteiger partial charge in [-0.3, -0.25) is 0 Å². The summed E-state index contributed by atoms with van der Waals surface area (Å²) in [6, 6.07) is 0. The second-order valence-electron chi connectivity index (χ2n) is 6.05. The zero-order valence-corrected chi connectivity index (χ0v) is 13.4. The van der Waals surface area contributed by atoms with E-state index in [-0.39, 0.29) is 11.2 Å². The second-order valence-corrected chi connectivity index (χ2v) is 7.96. The molecular weight excluding hydrogens is 294 g/mol. The third-order valence-electron chi connectivity index (χ3n) is 2.90. The van der Waals surface area contributed by atoms with E-state index in [9.17, 15) is 13.2 Å². The van der Waals surface area contributed by atoms with Gasteiger partial charge in [0.15, 0.2) is 0 Å². The van der Waals surface area contributed by atoms with Crippen LogP contribution in [0.4, 0.5) is 4.79 Å². The molecule has 0 atom stereocenters. The molecule has 1 aliphatic heterocycles. The fourth-order valence-corrected chi connectivity index (χ4v) is 2.48. The number of amides is 1. The van der Waals surface area contributed by atoms with Crippen LogP contribution in [-0.2, 0) is 27.5 Å². The van der Waals surface area contributed by atoms with E-state index in [4.69, 9.17) is 4.74 Å². The molecule has 0 aromatic carbocycles. The Morgan fingerprint density at radius 1 is 1.38 bits per heavy atom. The Hall–Kier alpha value is -1.70. The smallest absolute Gasteiger partial charge is 0.410 e. The first-order chi connectivity index (χ1) is 9.56. The van der Waals surface area contributed by atoms with Crippen molar-refractivity contribution in [2.75, 3.05) is 12.8 Å². The molecule has 0 aliphatic carbocycles. The summed E-state index contributed by atoms with van der Waals surface area (Å²) in [6.45, 7) is 6.20. The van der Waals surface area contributed by atoms with E-state index in [2.05, 4.69) is 9.97 Å². The third kappa shape index (κ3) is 3.90. The van der Waals surface area contributed by atoms with Gasteiger partial charge in [-0.05, 0) is 20.8 Å². The highest BCUT2D eigenvalue weighted by Gasteiger charge is 2.27. The van der Waals surface area contributed by atoms with Crippen LogP contribution in [0.5, 0.6) is 0 Å². The van der Waals surface area contributed by atoms with Crippen molar-refractivity contribution in [1.29, 1.82) is 0 Å². The van der Waals surface area contributed by atoms with E-state index in [0.717, 1.165) is 11.8 Å². The molecule has 0 spiro atoms. The van der Waals surface area contributed by atoms with Crippen LogP contribution >= 0.6 is 0 Å². The molecule has 7 nitrogen and oxygen atoms in total. The number of sulfone groups is 1. The van der Waals surface area contributed by atoms with Gasteiger partial charge in [0, 0.05) is 31.0 Å². The maximum Gasteiger partial charge on any atom is 0.410 e. The van der Waals surface area contributed by atoms with E-state index in [1.807, 2.05) is 20.8 Å². The minimum atomic E-state index is -3.42. The van der Waals surface area contributed by atoms with Gasteiger partial charge < -0.3 is 9.64 Å². The van der Waals surface area contributed by atoms with Crippen molar-refractivity contribution in [3.8, 4) is 0 Å². The lowest BCUT2D eigenvalue weighted by molar-refractivity contribution is 0.0222. The molecule has 0 saturated heterocycles. The molecule has 8 heteroatoms. The van der Waals surface area contributed by atoms with Crippen molar-refractivity contribution in [2.45, 2.75) is 44.5 Å². The minimum absolute atomic E-state index is 0.174. The summed E-state index contributed by atoms with van der Waals surface area (Å²) >= 11 is 0. The van der Waals surface area contributed by atoms with Crippen LogP contribution in [-0.4, -0.2) is 47.8 Å². The standard InChI is InChI=1S/C13H19N3O4S/c1-13(2,3)20-12(17)16-6-5-10-9(8-16)7-14-11(15-10)21(4,18)19/h7H,5-6,8H2,1-4H3. The first-order valence-electron chi connectivity index (χ1n) is 6.59. The van der Waals surface area contributed by atoms with Crippen molar-refractivity contribution < 1.29 is 17.9 Å². The second kappa shape index (κ2) is 5.25. The van der Waals surface area contributed by atoms with Crippen molar-refractivity contribution in [1.82, 2.24) is 14.9 Å². The quantitative estimate of drug-likeness (QED) is 0.723. The maximum atomic E-state index is 12.0. The molecule has 2 heterocycles. The van der Waals surface area contributed by atoms with Crippen LogP contribution in [0.3, 0.4) is 0 Å². The Kier molecular flexibility index (Phi) is 3.92. The fraction of sp³-hybridized carbons (Fsp3) is 0.615. The highest BCUT2D eigenvalue weighted by atomic mass is 32.2. The lowest BCUT2D eigenvalue weighted by atomic mass is 10.1. The van der Waals surface area contributed by atoms with Crippen molar-refractivity contribution >= 4 is 15.9 Å². The molecule has 0 radical (unpaired) electrons. The first-order valence-corrected chi connectivity index (χ1v) is 8.48. The number of ether oxygens (including phenoxy) is 1. The lowest BCUT2D eigenvalue weighted by Gasteiger charge is -2.30. The van der Waals surface area contributed by atoms with Gasteiger partial charge in [-0.1, -0.05) is 0 Å². The summed E-state index contributed by atoms with van der Waals surface area (Å²) in [5.74, 6) is 0. The monoisotopic (exact) mass is 313 g/mol. The van der Waals surface area contributed by atoms with E-state index in [1.165, 1.54) is 6.20 Å². The summed E-state index contributed by atoms with van der Waals surface area (Å²) in [5.41, 5.74) is 0.873. The lowest BCUT2D eigenvalue weighted by Crippen LogP contribution is -2.40. The van der Waals surface area contributed by atoms with Gasteiger partial charge in [-0.2, -0.15) is 0 Å². The molecule has 1 amide bonds. The number of rotatable bonds is 1. The van der Waals surface area contributed by atoms with Gasteiger partial charge in [-0.25, -0.2) is 23.2 Å². The maximum absolute atomic E-state index is 12.0. The Bertz CT molecular complexity index is 664. The number of carbonyl (C=O) groups excluding carboxylic acids is 1. The molecule has 1 aliphatic rings. The van der Waals surface area contributed by atoms with Crippen LogP contribution in [0.15, 0.2) is 11.4 Å². The zero-order chi connectivity index (χ0) is 15.8. The zero-order valence-electron chi connectivity index (χ0n) is 12.6. The largest absolute Gasteiger partial charge is 0.444 e. The van der Waals surface area contributed by atoms with Crippen molar-refractivity contribution in [3.63, 3.8) is 0 Å². The molecule has 0 N–H and O–H groups in total. The van der Waals surface area contributed by atoms with E-state index >= 15 is 0 Å². The van der Waals surface area contributed by atoms with Gasteiger partial charge in [0.1, 0.15) is 5.60 Å². The van der Waals surface area contributed by atoms with Gasteiger partial charge >= 0.3 is 6.09 Å². The molecule has 0 saturated carbocycles. The van der Waals surface area contributed by atoms with Crippen LogP contribution in [0, 0.1) is 0 Å². The topological polar surface area (TPSA) is 89.5 Å². The number of hydrogen-bond donors (Lipinski definition) is 0. The highest BCUT2D eigenvalue weighted by molar-refractivity contribution is 7.90. The number of carbonyl (C=O) groups is 1. The molecule has 21 heavy (non-hydrogen) atoms. The predicted octanol–water partition coefficient (Wildman–Crippen LogP) is 1.17. The summed E-state index contributed by atoms with van der Waals surface area (Å²) in [6.07, 6.45) is 2.64. The average Bonchev–Trinajstić information content (AvgIpc) is 2.34. The first kappa shape index (κ1) is 15.7. The predicted molar refractivity (Wildman–Crippen MR) is 75.5 cm³/mol. The van der Waals surface area contributed by atoms with E-state index in [0.29, 0.717) is 25.2 Å². The minimum Gasteiger partial charge on any atom is -0.444 e. The van der Waals surface area contributed by atoms with Crippen LogP contribution in [0.1, 0.15) is 32.0 Å². The van der Waals surface area contributed by atoms with Gasteiger partial charge in [0.2, 0.25) is 15.0 Å². The Labute approximate surface area is 124 Å². The van der Waals surface area contributed by atoms with Crippen molar-refractivity contribution in [2.24, 2.45) is 0 Å². The van der Waals surface area contributed by atoms with Gasteiger partial charge in [0.05, 0.1) is 12.2 Å². The Balaban J connectivity index is 2.17. The third-order valence-corrected chi connectivity index (χ3v) is 3.76. The molecule has 2 rings (SSSR count). The Morgan fingerprint density at radius 3 is 2.62 bits per heavy atom. The average molecular weight is 313 g/mol. The molecule has 1 aromatic rings. The molecule has 1 aromatic heterocycles. The number of fused-ring (bicyclic) bond motifs is 1. The number of hydrogen-bond acceptors (Lipinski definition) is 6. The van der Waals surface area contributed by atoms with Gasteiger partial charge in [-0.15, -0.1) is 0 Å². The molecule has 0 unspecified atom stereocenters. The highest BCUT2D eigenvalue weighted by Crippen LogP contribution is 2.20. The summed E-state index contributed by atoms with van der Waals surface area (Å²) < 4.78 is 28.2. The van der Waals surface area contributed by atoms with Gasteiger partial charge in [0.25, 0.3) is 0 Å². The SMILES string of the molecule is CC(C)(C)OC(=O)N1CCc2nc(S(C)(=O)=O)ncc2C1. The van der Waals surface area contributed by atoms with Crippen LogP contribution in [0.25, 0.3) is 0 Å². The molecular formula is C13H19N3O4S. The van der Waals surface area contributed by atoms with Crippen LogP contribution < -0.4 is 0 Å². The molecule has 116 valence electrons. The molecule has 0 bridgehead atoms. The van der Waals surface area contributed by atoms with E-state index in [1.54, 1.807) is 4.90 Å². The summed E-state index contributed by atoms with van der Waals surface area (Å²) in [4.78, 5) is 21.5. The number of aromatic nitrogens is 2. The number of nitrogens with zero attached hydrogens (tertiary/aromatic N) is 3. The van der Waals surface area contributed by atoms with Crippen LogP contribution in [0.2, 0.25) is 0 Å². The Morgan fingerprint density at radius 2 is 2.05 bits per heavy atom. The summed E-state index contributed by atoms with van der Waals surface area (Å²) in [5, 5.41) is -0.174.